The number of nitrogens with zero attached hydrogens (tertiary/aromatic N) is 1. The van der Waals surface area contributed by atoms with Gasteiger partial charge in [0, 0.05) is 12.3 Å². The molecule has 15 heavy (non-hydrogen) atoms. The van der Waals surface area contributed by atoms with Crippen molar-refractivity contribution in [2.24, 2.45) is 4.99 Å². The summed E-state index contributed by atoms with van der Waals surface area (Å²) < 4.78 is 12.6. The lowest BCUT2D eigenvalue weighted by molar-refractivity contribution is 0.444. The topological polar surface area (TPSA) is 12.4 Å². The van der Waals surface area contributed by atoms with Crippen molar-refractivity contribution in [1.29, 1.82) is 0 Å². The number of halogens is 1. The van der Waals surface area contributed by atoms with E-state index in [0.717, 1.165) is 5.56 Å². The van der Waals surface area contributed by atoms with Crippen molar-refractivity contribution in [3.05, 3.63) is 35.6 Å². The van der Waals surface area contributed by atoms with E-state index in [9.17, 15) is 4.39 Å². The second kappa shape index (κ2) is 5.06. The normalized spacial score (nSPS) is 18.5. The van der Waals surface area contributed by atoms with Gasteiger partial charge in [-0.2, -0.15) is 0 Å². The molecule has 0 unspecified atom stereocenters. The molecule has 0 N–H and O–H groups in total. The van der Waals surface area contributed by atoms with Crippen LogP contribution in [0.4, 0.5) is 4.39 Å². The molecule has 0 atom stereocenters. The Balaban J connectivity index is 1.95. The molecule has 0 saturated heterocycles. The number of aliphatic imine (C=N–C) groups is 1. The molecule has 0 amide bonds. The molecule has 1 aliphatic rings. The van der Waals surface area contributed by atoms with Gasteiger partial charge in [-0.1, -0.05) is 31.4 Å². The van der Waals surface area contributed by atoms with Gasteiger partial charge in [-0.05, 0) is 30.5 Å². The molecule has 1 saturated carbocycles. The van der Waals surface area contributed by atoms with E-state index < -0.39 is 0 Å². The molecule has 0 spiro atoms. The molecule has 0 radical (unpaired) electrons. The Morgan fingerprint density at radius 2 is 1.73 bits per heavy atom. The number of benzene rings is 1. The Labute approximate surface area is 90.0 Å². The average molecular weight is 205 g/mol. The molecule has 2 heteroatoms. The van der Waals surface area contributed by atoms with Crippen molar-refractivity contribution >= 4 is 6.21 Å². The van der Waals surface area contributed by atoms with Crippen LogP contribution in [0.3, 0.4) is 0 Å². The van der Waals surface area contributed by atoms with Gasteiger partial charge in [0.1, 0.15) is 5.82 Å². The van der Waals surface area contributed by atoms with Crippen LogP contribution in [0.5, 0.6) is 0 Å². The van der Waals surface area contributed by atoms with Crippen molar-refractivity contribution in [2.75, 3.05) is 0 Å². The van der Waals surface area contributed by atoms with Crippen LogP contribution in [0.25, 0.3) is 0 Å². The molecule has 1 fully saturated rings. The average Bonchev–Trinajstić information content (AvgIpc) is 2.30. The smallest absolute Gasteiger partial charge is 0.123 e. The molecule has 1 aromatic carbocycles. The number of hydrogen-bond donors (Lipinski definition) is 0. The highest BCUT2D eigenvalue weighted by Gasteiger charge is 2.10. The fourth-order valence-electron chi connectivity index (χ4n) is 1.97. The van der Waals surface area contributed by atoms with E-state index in [1.165, 1.54) is 44.2 Å². The maximum atomic E-state index is 12.6. The van der Waals surface area contributed by atoms with Crippen molar-refractivity contribution in [1.82, 2.24) is 0 Å². The summed E-state index contributed by atoms with van der Waals surface area (Å²) in [4.78, 5) is 4.54. The molecule has 2 rings (SSSR count). The molecule has 0 aromatic heterocycles. The zero-order valence-electron chi connectivity index (χ0n) is 8.82. The summed E-state index contributed by atoms with van der Waals surface area (Å²) in [7, 11) is 0. The van der Waals surface area contributed by atoms with E-state index in [-0.39, 0.29) is 5.82 Å². The first-order valence-corrected chi connectivity index (χ1v) is 5.63. The Kier molecular flexibility index (Phi) is 3.49. The van der Waals surface area contributed by atoms with Gasteiger partial charge in [-0.3, -0.25) is 4.99 Å². The minimum atomic E-state index is -0.190. The first-order chi connectivity index (χ1) is 7.34. The van der Waals surface area contributed by atoms with Crippen molar-refractivity contribution < 1.29 is 4.39 Å². The molecule has 1 aliphatic carbocycles. The summed E-state index contributed by atoms with van der Waals surface area (Å²) in [5.41, 5.74) is 0.988. The van der Waals surface area contributed by atoms with Crippen molar-refractivity contribution in [3.63, 3.8) is 0 Å². The van der Waals surface area contributed by atoms with Crippen LogP contribution >= 0.6 is 0 Å². The molecular weight excluding hydrogens is 189 g/mol. The van der Waals surface area contributed by atoms with Crippen LogP contribution in [0.1, 0.15) is 37.7 Å². The van der Waals surface area contributed by atoms with E-state index >= 15 is 0 Å². The highest BCUT2D eigenvalue weighted by atomic mass is 19.1. The summed E-state index contributed by atoms with van der Waals surface area (Å²) >= 11 is 0. The minimum Gasteiger partial charge on any atom is -0.289 e. The number of hydrogen-bond acceptors (Lipinski definition) is 1. The van der Waals surface area contributed by atoms with E-state index in [1.54, 1.807) is 12.1 Å². The molecule has 1 aromatic rings. The zero-order chi connectivity index (χ0) is 10.5. The SMILES string of the molecule is Fc1ccc(C=NC2CCCCC2)cc1. The highest BCUT2D eigenvalue weighted by Crippen LogP contribution is 2.20. The quantitative estimate of drug-likeness (QED) is 0.654. The van der Waals surface area contributed by atoms with E-state index in [1.807, 2.05) is 6.21 Å². The summed E-state index contributed by atoms with van der Waals surface area (Å²) in [6.07, 6.45) is 8.23. The highest BCUT2D eigenvalue weighted by molar-refractivity contribution is 5.79. The summed E-state index contributed by atoms with van der Waals surface area (Å²) in [6, 6.07) is 6.97. The second-order valence-electron chi connectivity index (χ2n) is 4.12. The monoisotopic (exact) mass is 205 g/mol. The third-order valence-electron chi connectivity index (χ3n) is 2.88. The summed E-state index contributed by atoms with van der Waals surface area (Å²) in [5, 5.41) is 0. The number of rotatable bonds is 2. The van der Waals surface area contributed by atoms with Gasteiger partial charge < -0.3 is 0 Å². The molecule has 80 valence electrons. The first kappa shape index (κ1) is 10.3. The van der Waals surface area contributed by atoms with Gasteiger partial charge in [-0.15, -0.1) is 0 Å². The lowest BCUT2D eigenvalue weighted by Gasteiger charge is -2.16. The first-order valence-electron chi connectivity index (χ1n) is 5.63. The fraction of sp³-hybridized carbons (Fsp3) is 0.462. The third-order valence-corrected chi connectivity index (χ3v) is 2.88. The lowest BCUT2D eigenvalue weighted by atomic mass is 9.96. The summed E-state index contributed by atoms with van der Waals surface area (Å²) in [6.45, 7) is 0. The Morgan fingerprint density at radius 1 is 1.07 bits per heavy atom. The van der Waals surface area contributed by atoms with Gasteiger partial charge in [0.2, 0.25) is 0 Å². The van der Waals surface area contributed by atoms with Gasteiger partial charge in [0.25, 0.3) is 0 Å². The summed E-state index contributed by atoms with van der Waals surface area (Å²) in [5.74, 6) is -0.190. The van der Waals surface area contributed by atoms with E-state index in [4.69, 9.17) is 0 Å². The van der Waals surface area contributed by atoms with Crippen LogP contribution in [-0.2, 0) is 0 Å². The molecule has 1 nitrogen and oxygen atoms in total. The zero-order valence-corrected chi connectivity index (χ0v) is 8.82. The lowest BCUT2D eigenvalue weighted by Crippen LogP contribution is -2.09. The van der Waals surface area contributed by atoms with Crippen LogP contribution in [0, 0.1) is 5.82 Å². The molecule has 0 aliphatic heterocycles. The van der Waals surface area contributed by atoms with E-state index in [0.29, 0.717) is 6.04 Å². The molecule has 0 heterocycles. The Hall–Kier alpha value is -1.18. The second-order valence-corrected chi connectivity index (χ2v) is 4.12. The predicted molar refractivity (Wildman–Crippen MR) is 60.9 cm³/mol. The Morgan fingerprint density at radius 3 is 2.40 bits per heavy atom. The van der Waals surface area contributed by atoms with Crippen LogP contribution in [-0.4, -0.2) is 12.3 Å². The largest absolute Gasteiger partial charge is 0.289 e. The predicted octanol–water partition coefficient (Wildman–Crippen LogP) is 3.58. The van der Waals surface area contributed by atoms with Crippen molar-refractivity contribution in [2.45, 2.75) is 38.1 Å². The Bertz CT molecular complexity index is 323. The van der Waals surface area contributed by atoms with Gasteiger partial charge in [-0.25, -0.2) is 4.39 Å². The third kappa shape index (κ3) is 3.15. The molecular formula is C13H16FN. The van der Waals surface area contributed by atoms with Gasteiger partial charge in [0.15, 0.2) is 0 Å². The van der Waals surface area contributed by atoms with Crippen LogP contribution in [0.2, 0.25) is 0 Å². The maximum Gasteiger partial charge on any atom is 0.123 e. The van der Waals surface area contributed by atoms with E-state index in [2.05, 4.69) is 4.99 Å². The van der Waals surface area contributed by atoms with Crippen LogP contribution < -0.4 is 0 Å². The minimum absolute atomic E-state index is 0.190. The fourth-order valence-corrected chi connectivity index (χ4v) is 1.97. The standard InChI is InChI=1S/C13H16FN/c14-12-8-6-11(7-9-12)10-15-13-4-2-1-3-5-13/h6-10,13H,1-5H2. The van der Waals surface area contributed by atoms with Crippen molar-refractivity contribution in [3.8, 4) is 0 Å². The van der Waals surface area contributed by atoms with Gasteiger partial charge in [0.05, 0.1) is 0 Å². The molecule has 0 bridgehead atoms. The van der Waals surface area contributed by atoms with Crippen LogP contribution in [0.15, 0.2) is 29.3 Å². The maximum absolute atomic E-state index is 12.6. The van der Waals surface area contributed by atoms with Gasteiger partial charge >= 0.3 is 0 Å².